The zero-order valence-corrected chi connectivity index (χ0v) is 14.1. The second kappa shape index (κ2) is 7.94. The van der Waals surface area contributed by atoms with Gasteiger partial charge in [0.1, 0.15) is 4.47 Å². The largest absolute Gasteiger partial charge is 0.391 e. The Hall–Kier alpha value is -0.880. The van der Waals surface area contributed by atoms with E-state index in [1.807, 2.05) is 0 Å². The molecule has 0 aliphatic heterocycles. The summed E-state index contributed by atoms with van der Waals surface area (Å²) in [7, 11) is 0. The average Bonchev–Trinajstić information content (AvgIpc) is 2.68. The second-order valence-corrected chi connectivity index (χ2v) is 6.50. The lowest BCUT2D eigenvalue weighted by Gasteiger charge is -2.23. The van der Waals surface area contributed by atoms with E-state index in [1.165, 1.54) is 4.68 Å². The molecule has 0 saturated heterocycles. The van der Waals surface area contributed by atoms with Gasteiger partial charge in [-0.3, -0.25) is 4.79 Å². The van der Waals surface area contributed by atoms with Crippen LogP contribution in [0.4, 0.5) is 5.69 Å². The molecule has 2 unspecified atom stereocenters. The molecule has 1 aromatic heterocycles. The van der Waals surface area contributed by atoms with Crippen molar-refractivity contribution in [3.05, 3.63) is 21.0 Å². The minimum absolute atomic E-state index is 0.00325. The van der Waals surface area contributed by atoms with Crippen LogP contribution < -0.4 is 10.9 Å². The number of unbranched alkanes of at least 4 members (excludes halogenated alkanes) is 1. The summed E-state index contributed by atoms with van der Waals surface area (Å²) in [5.41, 5.74) is 0.565. The van der Waals surface area contributed by atoms with E-state index in [0.717, 1.165) is 44.9 Å². The monoisotopic (exact) mass is 357 g/mol. The predicted octanol–water partition coefficient (Wildman–Crippen LogP) is 2.91. The Bertz CT molecular complexity index is 518. The summed E-state index contributed by atoms with van der Waals surface area (Å²) < 4.78 is 1.99. The summed E-state index contributed by atoms with van der Waals surface area (Å²) in [6.07, 6.45) is 8.36. The van der Waals surface area contributed by atoms with Gasteiger partial charge in [0.25, 0.3) is 5.56 Å². The summed E-state index contributed by atoms with van der Waals surface area (Å²) >= 11 is 3.37. The molecule has 0 aromatic carbocycles. The number of aliphatic hydroxyl groups is 1. The van der Waals surface area contributed by atoms with Crippen molar-refractivity contribution in [2.45, 2.75) is 70.6 Å². The molecule has 1 fully saturated rings. The molecule has 5 nitrogen and oxygen atoms in total. The lowest BCUT2D eigenvalue weighted by atomic mass is 10.1. The molecule has 1 aromatic rings. The molecular formula is C15H24BrN3O2. The second-order valence-electron chi connectivity index (χ2n) is 5.71. The normalized spacial score (nSPS) is 22.8. The quantitative estimate of drug-likeness (QED) is 0.795. The van der Waals surface area contributed by atoms with Crippen LogP contribution in [0.25, 0.3) is 0 Å². The number of nitrogens with zero attached hydrogens (tertiary/aromatic N) is 2. The Balaban J connectivity index is 2.13. The van der Waals surface area contributed by atoms with Gasteiger partial charge in [-0.2, -0.15) is 5.10 Å². The van der Waals surface area contributed by atoms with Crippen molar-refractivity contribution < 1.29 is 5.11 Å². The third kappa shape index (κ3) is 4.30. The zero-order chi connectivity index (χ0) is 15.2. The van der Waals surface area contributed by atoms with E-state index in [2.05, 4.69) is 33.3 Å². The molecule has 1 saturated carbocycles. The van der Waals surface area contributed by atoms with E-state index in [4.69, 9.17) is 0 Å². The number of anilines is 1. The molecule has 6 heteroatoms. The molecule has 2 rings (SSSR count). The van der Waals surface area contributed by atoms with E-state index in [-0.39, 0.29) is 17.7 Å². The highest BCUT2D eigenvalue weighted by Crippen LogP contribution is 2.24. The van der Waals surface area contributed by atoms with E-state index in [0.29, 0.717) is 16.7 Å². The Kier molecular flexibility index (Phi) is 6.23. The molecular weight excluding hydrogens is 334 g/mol. The third-order valence-corrected chi connectivity index (χ3v) is 4.80. The SMILES string of the molecule is CCCCn1ncc(NC2CCCCCC2O)c(Br)c1=O. The van der Waals surface area contributed by atoms with Crippen LogP contribution in [0.3, 0.4) is 0 Å². The fourth-order valence-electron chi connectivity index (χ4n) is 2.69. The number of nitrogens with one attached hydrogen (secondary N) is 1. The minimum Gasteiger partial charge on any atom is -0.391 e. The predicted molar refractivity (Wildman–Crippen MR) is 87.6 cm³/mol. The molecule has 2 N–H and O–H groups in total. The maximum atomic E-state index is 12.2. The fraction of sp³-hybridized carbons (Fsp3) is 0.733. The molecule has 0 spiro atoms. The van der Waals surface area contributed by atoms with Crippen molar-refractivity contribution in [3.8, 4) is 0 Å². The standard InChI is InChI=1S/C15H24BrN3O2/c1-2-3-9-19-15(21)14(16)12(10-17-19)18-11-7-5-4-6-8-13(11)20/h10-11,13,18,20H,2-9H2,1H3. The first-order valence-corrected chi connectivity index (χ1v) is 8.63. The van der Waals surface area contributed by atoms with Crippen LogP contribution in [0.5, 0.6) is 0 Å². The Labute approximate surface area is 133 Å². The van der Waals surface area contributed by atoms with Crippen molar-refractivity contribution in [1.29, 1.82) is 0 Å². The number of aryl methyl sites for hydroxylation is 1. The van der Waals surface area contributed by atoms with Crippen LogP contribution in [0, 0.1) is 0 Å². The van der Waals surface area contributed by atoms with Gasteiger partial charge in [0.15, 0.2) is 0 Å². The molecule has 0 amide bonds. The van der Waals surface area contributed by atoms with Crippen molar-refractivity contribution in [3.63, 3.8) is 0 Å². The zero-order valence-electron chi connectivity index (χ0n) is 12.5. The number of halogens is 1. The topological polar surface area (TPSA) is 67.2 Å². The fourth-order valence-corrected chi connectivity index (χ4v) is 3.11. The van der Waals surface area contributed by atoms with E-state index in [1.54, 1.807) is 6.20 Å². The number of aliphatic hydroxyl groups excluding tert-OH is 1. The van der Waals surface area contributed by atoms with Crippen molar-refractivity contribution in [2.24, 2.45) is 0 Å². The molecule has 21 heavy (non-hydrogen) atoms. The molecule has 0 radical (unpaired) electrons. The first-order chi connectivity index (χ1) is 10.1. The van der Waals surface area contributed by atoms with Crippen LogP contribution in [-0.2, 0) is 6.54 Å². The summed E-state index contributed by atoms with van der Waals surface area (Å²) in [6, 6.07) is -0.00325. The van der Waals surface area contributed by atoms with E-state index >= 15 is 0 Å². The van der Waals surface area contributed by atoms with Crippen LogP contribution in [0.1, 0.15) is 51.9 Å². The van der Waals surface area contributed by atoms with Gasteiger partial charge in [0, 0.05) is 6.54 Å². The van der Waals surface area contributed by atoms with E-state index < -0.39 is 0 Å². The lowest BCUT2D eigenvalue weighted by molar-refractivity contribution is 0.144. The number of rotatable bonds is 5. The summed E-state index contributed by atoms with van der Waals surface area (Å²) in [5, 5.41) is 17.7. The number of hydrogen-bond acceptors (Lipinski definition) is 4. The number of hydrogen-bond donors (Lipinski definition) is 2. The molecule has 1 heterocycles. The smallest absolute Gasteiger partial charge is 0.283 e. The van der Waals surface area contributed by atoms with Gasteiger partial charge in [-0.15, -0.1) is 0 Å². The van der Waals surface area contributed by atoms with Gasteiger partial charge in [-0.25, -0.2) is 4.68 Å². The highest BCUT2D eigenvalue weighted by Gasteiger charge is 2.22. The van der Waals surface area contributed by atoms with Crippen molar-refractivity contribution in [1.82, 2.24) is 9.78 Å². The van der Waals surface area contributed by atoms with Crippen LogP contribution in [0.2, 0.25) is 0 Å². The molecule has 1 aliphatic carbocycles. The van der Waals surface area contributed by atoms with Gasteiger partial charge >= 0.3 is 0 Å². The molecule has 2 atom stereocenters. The van der Waals surface area contributed by atoms with Crippen LogP contribution in [0.15, 0.2) is 15.5 Å². The minimum atomic E-state index is -0.359. The highest BCUT2D eigenvalue weighted by molar-refractivity contribution is 9.10. The summed E-state index contributed by atoms with van der Waals surface area (Å²) in [5.74, 6) is 0. The van der Waals surface area contributed by atoms with Crippen LogP contribution >= 0.6 is 15.9 Å². The van der Waals surface area contributed by atoms with Gasteiger partial charge in [-0.05, 0) is 35.2 Å². The Morgan fingerprint density at radius 3 is 2.95 bits per heavy atom. The highest BCUT2D eigenvalue weighted by atomic mass is 79.9. The van der Waals surface area contributed by atoms with Crippen molar-refractivity contribution >= 4 is 21.6 Å². The Morgan fingerprint density at radius 2 is 2.19 bits per heavy atom. The van der Waals surface area contributed by atoms with E-state index in [9.17, 15) is 9.90 Å². The van der Waals surface area contributed by atoms with Crippen molar-refractivity contribution in [2.75, 3.05) is 5.32 Å². The first-order valence-electron chi connectivity index (χ1n) is 7.83. The third-order valence-electron chi connectivity index (χ3n) is 4.03. The number of aromatic nitrogens is 2. The molecule has 1 aliphatic rings. The van der Waals surface area contributed by atoms with Gasteiger partial charge in [-0.1, -0.05) is 32.6 Å². The molecule has 0 bridgehead atoms. The van der Waals surface area contributed by atoms with Gasteiger partial charge in [0.2, 0.25) is 0 Å². The summed E-state index contributed by atoms with van der Waals surface area (Å²) in [6.45, 7) is 2.73. The Morgan fingerprint density at radius 1 is 1.43 bits per heavy atom. The average molecular weight is 358 g/mol. The van der Waals surface area contributed by atoms with Crippen LogP contribution in [-0.4, -0.2) is 27.0 Å². The lowest BCUT2D eigenvalue weighted by Crippen LogP contribution is -2.34. The summed E-state index contributed by atoms with van der Waals surface area (Å²) in [4.78, 5) is 12.2. The maximum Gasteiger partial charge on any atom is 0.283 e. The van der Waals surface area contributed by atoms with Gasteiger partial charge < -0.3 is 10.4 Å². The molecule has 118 valence electrons. The maximum absolute atomic E-state index is 12.2. The first kappa shape index (κ1) is 16.5. The van der Waals surface area contributed by atoms with Gasteiger partial charge in [0.05, 0.1) is 24.0 Å².